The summed E-state index contributed by atoms with van der Waals surface area (Å²) < 4.78 is 9.83. The first kappa shape index (κ1) is 14.6. The summed E-state index contributed by atoms with van der Waals surface area (Å²) in [5.41, 5.74) is 0. The van der Waals surface area contributed by atoms with Crippen molar-refractivity contribution in [3.63, 3.8) is 0 Å². The minimum Gasteiger partial charge on any atom is -0.410 e. The molecule has 2 N–H and O–H groups in total. The Morgan fingerprint density at radius 2 is 2.05 bits per heavy atom. The fourth-order valence-electron chi connectivity index (χ4n) is 1.54. The van der Waals surface area contributed by atoms with E-state index in [1.807, 2.05) is 6.07 Å². The average Bonchev–Trinajstić information content (AvgIpc) is 2.85. The van der Waals surface area contributed by atoms with Crippen LogP contribution in [0.4, 0.5) is 10.6 Å². The van der Waals surface area contributed by atoms with Crippen LogP contribution < -0.4 is 15.4 Å². The summed E-state index contributed by atoms with van der Waals surface area (Å²) in [6.07, 6.45) is -0.498. The van der Waals surface area contributed by atoms with Gasteiger partial charge in [0.15, 0.2) is 5.82 Å². The third-order valence-corrected chi connectivity index (χ3v) is 2.47. The predicted octanol–water partition coefficient (Wildman–Crippen LogP) is 2.10. The zero-order chi connectivity index (χ0) is 15.1. The molecule has 2 amide bonds. The van der Waals surface area contributed by atoms with Crippen LogP contribution in [0.15, 0.2) is 40.9 Å². The van der Waals surface area contributed by atoms with Gasteiger partial charge in [-0.25, -0.2) is 4.79 Å². The minimum absolute atomic E-state index is 0.107. The predicted molar refractivity (Wildman–Crippen MR) is 75.0 cm³/mol. The summed E-state index contributed by atoms with van der Waals surface area (Å²) in [5.74, 6) is 1.13. The van der Waals surface area contributed by atoms with Crippen molar-refractivity contribution in [2.75, 3.05) is 11.9 Å². The largest absolute Gasteiger partial charge is 0.412 e. The Labute approximate surface area is 121 Å². The van der Waals surface area contributed by atoms with Crippen molar-refractivity contribution >= 4 is 17.8 Å². The summed E-state index contributed by atoms with van der Waals surface area (Å²) in [7, 11) is 0. The fourth-order valence-corrected chi connectivity index (χ4v) is 1.54. The third-order valence-electron chi connectivity index (χ3n) is 2.47. The van der Waals surface area contributed by atoms with Crippen LogP contribution in [0, 0.1) is 6.92 Å². The van der Waals surface area contributed by atoms with Gasteiger partial charge in [0.2, 0.25) is 5.91 Å². The molecule has 110 valence electrons. The Morgan fingerprint density at radius 1 is 1.29 bits per heavy atom. The Bertz CT molecular complexity index is 610. The maximum atomic E-state index is 11.6. The maximum Gasteiger partial charge on any atom is 0.412 e. The van der Waals surface area contributed by atoms with Crippen LogP contribution in [0.5, 0.6) is 5.75 Å². The molecule has 7 nitrogen and oxygen atoms in total. The molecular weight excluding hydrogens is 274 g/mol. The van der Waals surface area contributed by atoms with E-state index >= 15 is 0 Å². The van der Waals surface area contributed by atoms with Crippen molar-refractivity contribution in [3.05, 3.63) is 42.2 Å². The fraction of sp³-hybridized carbons (Fsp3) is 0.214. The van der Waals surface area contributed by atoms with E-state index in [0.29, 0.717) is 17.3 Å². The molecule has 0 aliphatic rings. The molecule has 1 heterocycles. The van der Waals surface area contributed by atoms with Crippen LogP contribution in [-0.2, 0) is 4.79 Å². The van der Waals surface area contributed by atoms with Gasteiger partial charge in [-0.1, -0.05) is 23.4 Å². The first-order chi connectivity index (χ1) is 10.1. The second-order valence-corrected chi connectivity index (χ2v) is 4.25. The van der Waals surface area contributed by atoms with Crippen molar-refractivity contribution in [1.82, 2.24) is 10.5 Å². The van der Waals surface area contributed by atoms with Crippen LogP contribution in [0.2, 0.25) is 0 Å². The normalized spacial score (nSPS) is 9.95. The lowest BCUT2D eigenvalue weighted by Gasteiger charge is -2.06. The number of carbonyl (C=O) groups excluding carboxylic acids is 2. The Kier molecular flexibility index (Phi) is 4.92. The first-order valence-corrected chi connectivity index (χ1v) is 6.37. The molecule has 2 aromatic rings. The molecular formula is C14H15N3O4. The minimum atomic E-state index is -0.605. The Morgan fingerprint density at radius 3 is 2.71 bits per heavy atom. The van der Waals surface area contributed by atoms with Gasteiger partial charge in [-0.2, -0.15) is 0 Å². The highest BCUT2D eigenvalue weighted by molar-refractivity contribution is 5.90. The second-order valence-electron chi connectivity index (χ2n) is 4.25. The van der Waals surface area contributed by atoms with Crippen molar-refractivity contribution in [2.24, 2.45) is 0 Å². The molecule has 0 aliphatic heterocycles. The molecule has 0 spiro atoms. The van der Waals surface area contributed by atoms with Gasteiger partial charge in [-0.15, -0.1) is 0 Å². The van der Waals surface area contributed by atoms with Gasteiger partial charge in [0.05, 0.1) is 0 Å². The highest BCUT2D eigenvalue weighted by atomic mass is 16.6. The summed E-state index contributed by atoms with van der Waals surface area (Å²) >= 11 is 0. The summed E-state index contributed by atoms with van der Waals surface area (Å²) in [6, 6.07) is 10.3. The van der Waals surface area contributed by atoms with E-state index in [0.717, 1.165) is 0 Å². The first-order valence-electron chi connectivity index (χ1n) is 6.37. The van der Waals surface area contributed by atoms with Crippen LogP contribution in [0.1, 0.15) is 12.2 Å². The second kappa shape index (κ2) is 7.09. The van der Waals surface area contributed by atoms with Crippen molar-refractivity contribution in [3.8, 4) is 5.75 Å². The van der Waals surface area contributed by atoms with Gasteiger partial charge in [-0.3, -0.25) is 4.79 Å². The van der Waals surface area contributed by atoms with E-state index in [2.05, 4.69) is 15.8 Å². The number of hydrogen-bond donors (Lipinski definition) is 2. The number of rotatable bonds is 5. The average molecular weight is 289 g/mol. The molecule has 0 bridgehead atoms. The van der Waals surface area contributed by atoms with E-state index in [1.54, 1.807) is 37.3 Å². The van der Waals surface area contributed by atoms with Crippen LogP contribution in [0.3, 0.4) is 0 Å². The summed E-state index contributed by atoms with van der Waals surface area (Å²) in [6.45, 7) is 1.89. The van der Waals surface area contributed by atoms with E-state index in [1.165, 1.54) is 0 Å². The molecule has 0 atom stereocenters. The van der Waals surface area contributed by atoms with Gasteiger partial charge >= 0.3 is 6.09 Å². The highest BCUT2D eigenvalue weighted by Crippen LogP contribution is 2.08. The molecule has 0 unspecified atom stereocenters. The molecule has 0 saturated heterocycles. The van der Waals surface area contributed by atoms with E-state index in [-0.39, 0.29) is 18.9 Å². The molecule has 0 saturated carbocycles. The zero-order valence-corrected chi connectivity index (χ0v) is 11.5. The molecule has 2 rings (SSSR count). The molecule has 1 aromatic carbocycles. The quantitative estimate of drug-likeness (QED) is 0.879. The molecule has 0 fully saturated rings. The molecule has 1 aromatic heterocycles. The standard InChI is InChI=1S/C14H15N3O4/c1-10-9-12(17-21-10)16-13(18)7-8-15-14(19)20-11-5-3-2-4-6-11/h2-6,9H,7-8H2,1H3,(H,15,19)(H,16,17,18). The number of nitrogens with zero attached hydrogens (tertiary/aromatic N) is 1. The van der Waals surface area contributed by atoms with Crippen molar-refractivity contribution in [1.29, 1.82) is 0 Å². The van der Waals surface area contributed by atoms with Gasteiger partial charge < -0.3 is 19.9 Å². The lowest BCUT2D eigenvalue weighted by Crippen LogP contribution is -2.30. The number of nitrogens with one attached hydrogen (secondary N) is 2. The number of amides is 2. The Hall–Kier alpha value is -2.83. The number of para-hydroxylation sites is 1. The maximum absolute atomic E-state index is 11.6. The number of benzene rings is 1. The highest BCUT2D eigenvalue weighted by Gasteiger charge is 2.08. The van der Waals surface area contributed by atoms with Crippen molar-refractivity contribution < 1.29 is 18.8 Å². The van der Waals surface area contributed by atoms with Crippen LogP contribution in [0.25, 0.3) is 0 Å². The van der Waals surface area contributed by atoms with Gasteiger partial charge in [0, 0.05) is 19.0 Å². The van der Waals surface area contributed by atoms with E-state index in [9.17, 15) is 9.59 Å². The third kappa shape index (κ3) is 4.98. The van der Waals surface area contributed by atoms with Crippen LogP contribution in [-0.4, -0.2) is 23.7 Å². The lowest BCUT2D eigenvalue weighted by molar-refractivity contribution is -0.116. The summed E-state index contributed by atoms with van der Waals surface area (Å²) in [5, 5.41) is 8.67. The van der Waals surface area contributed by atoms with Gasteiger partial charge in [0.25, 0.3) is 0 Å². The van der Waals surface area contributed by atoms with Gasteiger partial charge in [0.1, 0.15) is 11.5 Å². The number of ether oxygens (including phenoxy) is 1. The molecule has 21 heavy (non-hydrogen) atoms. The topological polar surface area (TPSA) is 93.5 Å². The zero-order valence-electron chi connectivity index (χ0n) is 11.5. The lowest BCUT2D eigenvalue weighted by atomic mass is 10.3. The number of aryl methyl sites for hydroxylation is 1. The SMILES string of the molecule is Cc1cc(NC(=O)CCNC(=O)Oc2ccccc2)no1. The van der Waals surface area contributed by atoms with Gasteiger partial charge in [-0.05, 0) is 19.1 Å². The Balaban J connectivity index is 1.67. The van der Waals surface area contributed by atoms with Crippen molar-refractivity contribution in [2.45, 2.75) is 13.3 Å². The van der Waals surface area contributed by atoms with Crippen LogP contribution >= 0.6 is 0 Å². The smallest absolute Gasteiger partial charge is 0.410 e. The molecule has 0 radical (unpaired) electrons. The molecule has 0 aliphatic carbocycles. The van der Waals surface area contributed by atoms with E-state index < -0.39 is 6.09 Å². The monoisotopic (exact) mass is 289 g/mol. The number of hydrogen-bond acceptors (Lipinski definition) is 5. The van der Waals surface area contributed by atoms with E-state index in [4.69, 9.17) is 9.26 Å². The number of anilines is 1. The summed E-state index contributed by atoms with van der Waals surface area (Å²) in [4.78, 5) is 23.0. The molecule has 7 heteroatoms. The number of aromatic nitrogens is 1. The number of carbonyl (C=O) groups is 2.